The Hall–Kier alpha value is -2.70. The summed E-state index contributed by atoms with van der Waals surface area (Å²) < 4.78 is 0. The number of carbonyl (C=O) groups excluding carboxylic acids is 2. The maximum atomic E-state index is 12.3. The number of amides is 2. The first-order valence-corrected chi connectivity index (χ1v) is 8.64. The monoisotopic (exact) mass is 354 g/mol. The van der Waals surface area contributed by atoms with E-state index in [-0.39, 0.29) is 24.4 Å². The van der Waals surface area contributed by atoms with Gasteiger partial charge in [0, 0.05) is 12.2 Å². The molecule has 0 radical (unpaired) electrons. The number of benzene rings is 2. The normalized spacial score (nSPS) is 11.6. The van der Waals surface area contributed by atoms with Gasteiger partial charge in [-0.1, -0.05) is 42.5 Å². The van der Waals surface area contributed by atoms with E-state index in [1.807, 2.05) is 61.6 Å². The third-order valence-corrected chi connectivity index (χ3v) is 3.99. The molecule has 2 aromatic carbocycles. The zero-order valence-corrected chi connectivity index (χ0v) is 15.2. The summed E-state index contributed by atoms with van der Waals surface area (Å²) in [7, 11) is 3.62. The zero-order chi connectivity index (χ0) is 18.8. The number of hydrogen-bond acceptors (Lipinski definition) is 4. The van der Waals surface area contributed by atoms with Gasteiger partial charge in [0.15, 0.2) is 0 Å². The molecule has 0 bridgehead atoms. The van der Waals surface area contributed by atoms with Crippen LogP contribution in [-0.2, 0) is 22.6 Å². The lowest BCUT2D eigenvalue weighted by Gasteiger charge is -2.16. The highest BCUT2D eigenvalue weighted by Gasteiger charge is 2.17. The molecule has 2 amide bonds. The highest BCUT2D eigenvalue weighted by molar-refractivity contribution is 5.95. The van der Waals surface area contributed by atoms with Crippen LogP contribution in [0, 0.1) is 0 Å². The minimum Gasteiger partial charge on any atom is -0.346 e. The molecule has 4 N–H and O–H groups in total. The van der Waals surface area contributed by atoms with Crippen molar-refractivity contribution in [2.75, 3.05) is 26.0 Å². The van der Waals surface area contributed by atoms with E-state index in [0.29, 0.717) is 12.1 Å². The summed E-state index contributed by atoms with van der Waals surface area (Å²) in [5, 5.41) is 11.5. The standard InChI is InChI=1S/C20H26N4O2/c1-21-13-16-8-10-17(11-9-16)24-19(25)14-23-20(26)18(22-2)12-15-6-4-3-5-7-15/h3-11,18,21-22H,12-14H2,1-2H3,(H,23,26)(H,24,25)/t18-/m0/s1. The lowest BCUT2D eigenvalue weighted by molar-refractivity contribution is -0.125. The van der Waals surface area contributed by atoms with Crippen molar-refractivity contribution in [1.82, 2.24) is 16.0 Å². The second-order valence-electron chi connectivity index (χ2n) is 6.02. The topological polar surface area (TPSA) is 82.3 Å². The van der Waals surface area contributed by atoms with Crippen LogP contribution in [0.4, 0.5) is 5.69 Å². The summed E-state index contributed by atoms with van der Waals surface area (Å²) >= 11 is 0. The number of hydrogen-bond donors (Lipinski definition) is 4. The van der Waals surface area contributed by atoms with Crippen molar-refractivity contribution in [3.63, 3.8) is 0 Å². The quantitative estimate of drug-likeness (QED) is 0.547. The van der Waals surface area contributed by atoms with Crippen molar-refractivity contribution in [2.45, 2.75) is 19.0 Å². The van der Waals surface area contributed by atoms with Crippen LogP contribution in [-0.4, -0.2) is 38.5 Å². The van der Waals surface area contributed by atoms with E-state index in [0.717, 1.165) is 17.7 Å². The van der Waals surface area contributed by atoms with Gasteiger partial charge in [0.1, 0.15) is 0 Å². The van der Waals surface area contributed by atoms with Crippen molar-refractivity contribution in [1.29, 1.82) is 0 Å². The largest absolute Gasteiger partial charge is 0.346 e. The molecule has 138 valence electrons. The smallest absolute Gasteiger partial charge is 0.243 e. The fraction of sp³-hybridized carbons (Fsp3) is 0.300. The third-order valence-electron chi connectivity index (χ3n) is 3.99. The van der Waals surface area contributed by atoms with Gasteiger partial charge in [-0.2, -0.15) is 0 Å². The van der Waals surface area contributed by atoms with Crippen LogP contribution >= 0.6 is 0 Å². The molecule has 0 unspecified atom stereocenters. The Morgan fingerprint density at radius 2 is 1.62 bits per heavy atom. The van der Waals surface area contributed by atoms with Crippen molar-refractivity contribution < 1.29 is 9.59 Å². The zero-order valence-electron chi connectivity index (χ0n) is 15.2. The van der Waals surface area contributed by atoms with Gasteiger partial charge in [0.2, 0.25) is 11.8 Å². The molecule has 0 aromatic heterocycles. The van der Waals surface area contributed by atoms with Gasteiger partial charge in [0.25, 0.3) is 0 Å². The van der Waals surface area contributed by atoms with Crippen molar-refractivity contribution >= 4 is 17.5 Å². The van der Waals surface area contributed by atoms with E-state index in [1.54, 1.807) is 7.05 Å². The van der Waals surface area contributed by atoms with Gasteiger partial charge < -0.3 is 21.3 Å². The number of nitrogens with one attached hydrogen (secondary N) is 4. The molecule has 0 aliphatic rings. The van der Waals surface area contributed by atoms with E-state index in [2.05, 4.69) is 21.3 Å². The molecule has 0 heterocycles. The number of rotatable bonds is 9. The highest BCUT2D eigenvalue weighted by Crippen LogP contribution is 2.09. The highest BCUT2D eigenvalue weighted by atomic mass is 16.2. The Bertz CT molecular complexity index is 702. The first kappa shape index (κ1) is 19.6. The Kier molecular flexibility index (Phi) is 7.79. The maximum absolute atomic E-state index is 12.3. The Labute approximate surface area is 154 Å². The maximum Gasteiger partial charge on any atom is 0.243 e. The Balaban J connectivity index is 1.80. The summed E-state index contributed by atoms with van der Waals surface area (Å²) in [6.07, 6.45) is 0.567. The Morgan fingerprint density at radius 1 is 0.923 bits per heavy atom. The summed E-state index contributed by atoms with van der Waals surface area (Å²) in [5.74, 6) is -0.454. The van der Waals surface area contributed by atoms with Crippen LogP contribution < -0.4 is 21.3 Å². The van der Waals surface area contributed by atoms with Crippen LogP contribution in [0.3, 0.4) is 0 Å². The third kappa shape index (κ3) is 6.31. The second-order valence-corrected chi connectivity index (χ2v) is 6.02. The van der Waals surface area contributed by atoms with Gasteiger partial charge in [-0.15, -0.1) is 0 Å². The molecule has 0 saturated heterocycles. The van der Waals surface area contributed by atoms with Gasteiger partial charge >= 0.3 is 0 Å². The molecule has 0 aliphatic heterocycles. The summed E-state index contributed by atoms with van der Waals surface area (Å²) in [6, 6.07) is 17.0. The minimum atomic E-state index is -0.383. The molecule has 6 heteroatoms. The van der Waals surface area contributed by atoms with Gasteiger partial charge in [-0.3, -0.25) is 9.59 Å². The number of likely N-dealkylation sites (N-methyl/N-ethyl adjacent to an activating group) is 1. The molecule has 0 aliphatic carbocycles. The predicted molar refractivity (Wildman–Crippen MR) is 104 cm³/mol. The average molecular weight is 354 g/mol. The van der Waals surface area contributed by atoms with Crippen molar-refractivity contribution in [2.24, 2.45) is 0 Å². The van der Waals surface area contributed by atoms with Crippen molar-refractivity contribution in [3.8, 4) is 0 Å². The van der Waals surface area contributed by atoms with Crippen LogP contribution in [0.25, 0.3) is 0 Å². The van der Waals surface area contributed by atoms with Crippen LogP contribution in [0.1, 0.15) is 11.1 Å². The second kappa shape index (κ2) is 10.3. The lowest BCUT2D eigenvalue weighted by Crippen LogP contribution is -2.46. The lowest BCUT2D eigenvalue weighted by atomic mass is 10.1. The fourth-order valence-electron chi connectivity index (χ4n) is 2.58. The first-order chi connectivity index (χ1) is 12.6. The molecule has 0 spiro atoms. The van der Waals surface area contributed by atoms with E-state index >= 15 is 0 Å². The fourth-order valence-corrected chi connectivity index (χ4v) is 2.58. The van der Waals surface area contributed by atoms with E-state index in [4.69, 9.17) is 0 Å². The molecule has 0 fully saturated rings. The first-order valence-electron chi connectivity index (χ1n) is 8.64. The molecule has 6 nitrogen and oxygen atoms in total. The molecule has 1 atom stereocenters. The molecular weight excluding hydrogens is 328 g/mol. The van der Waals surface area contributed by atoms with Crippen LogP contribution in [0.15, 0.2) is 54.6 Å². The summed E-state index contributed by atoms with van der Waals surface area (Å²) in [4.78, 5) is 24.3. The Morgan fingerprint density at radius 3 is 2.23 bits per heavy atom. The minimum absolute atomic E-state index is 0.0654. The van der Waals surface area contributed by atoms with Gasteiger partial charge in [-0.25, -0.2) is 0 Å². The van der Waals surface area contributed by atoms with Gasteiger partial charge in [-0.05, 0) is 43.8 Å². The molecular formula is C20H26N4O2. The number of carbonyl (C=O) groups is 2. The average Bonchev–Trinajstić information content (AvgIpc) is 2.67. The van der Waals surface area contributed by atoms with Crippen LogP contribution in [0.2, 0.25) is 0 Å². The molecule has 0 saturated carbocycles. The van der Waals surface area contributed by atoms with Crippen molar-refractivity contribution in [3.05, 3.63) is 65.7 Å². The van der Waals surface area contributed by atoms with E-state index in [1.165, 1.54) is 0 Å². The summed E-state index contributed by atoms with van der Waals surface area (Å²) in [6.45, 7) is 0.709. The number of anilines is 1. The van der Waals surface area contributed by atoms with E-state index < -0.39 is 0 Å². The summed E-state index contributed by atoms with van der Waals surface area (Å²) in [5.41, 5.74) is 2.91. The van der Waals surface area contributed by atoms with Gasteiger partial charge in [0.05, 0.1) is 12.6 Å². The molecule has 26 heavy (non-hydrogen) atoms. The van der Waals surface area contributed by atoms with Crippen LogP contribution in [0.5, 0.6) is 0 Å². The SMILES string of the molecule is CNCc1ccc(NC(=O)CNC(=O)[C@H](Cc2ccccc2)NC)cc1. The molecule has 2 aromatic rings. The molecule has 2 rings (SSSR count). The predicted octanol–water partition coefficient (Wildman–Crippen LogP) is 1.29. The van der Waals surface area contributed by atoms with E-state index in [9.17, 15) is 9.59 Å².